The Morgan fingerprint density at radius 2 is 1.94 bits per heavy atom. The van der Waals surface area contributed by atoms with E-state index in [2.05, 4.69) is 5.32 Å². The van der Waals surface area contributed by atoms with E-state index in [1.807, 2.05) is 0 Å². The van der Waals surface area contributed by atoms with Crippen molar-refractivity contribution in [3.8, 4) is 0 Å². The summed E-state index contributed by atoms with van der Waals surface area (Å²) in [6, 6.07) is 6.66. The maximum Gasteiger partial charge on any atom is 0.308 e. The van der Waals surface area contributed by atoms with Crippen LogP contribution in [0.15, 0.2) is 24.3 Å². The van der Waals surface area contributed by atoms with Gasteiger partial charge in [-0.2, -0.15) is 0 Å². The van der Waals surface area contributed by atoms with E-state index in [1.165, 1.54) is 0 Å². The molecule has 1 amide bonds. The van der Waals surface area contributed by atoms with Gasteiger partial charge in [-0.15, -0.1) is 0 Å². The molecule has 2 unspecified atom stereocenters. The molecule has 1 rings (SSSR count). The first kappa shape index (κ1) is 14.5. The van der Waals surface area contributed by atoms with Crippen LogP contribution < -0.4 is 5.32 Å². The topological polar surface area (TPSA) is 66.4 Å². The third kappa shape index (κ3) is 4.04. The van der Waals surface area contributed by atoms with Gasteiger partial charge in [0, 0.05) is 11.1 Å². The Hall–Kier alpha value is -1.55. The van der Waals surface area contributed by atoms with E-state index in [-0.39, 0.29) is 12.3 Å². The molecule has 0 aliphatic rings. The molecule has 0 aliphatic heterocycles. The lowest BCUT2D eigenvalue weighted by atomic mass is 10.0. The van der Waals surface area contributed by atoms with Crippen molar-refractivity contribution >= 4 is 23.5 Å². The maximum atomic E-state index is 11.7. The molecule has 5 heteroatoms. The van der Waals surface area contributed by atoms with Crippen molar-refractivity contribution in [2.75, 3.05) is 0 Å². The maximum absolute atomic E-state index is 11.7. The highest BCUT2D eigenvalue weighted by atomic mass is 35.5. The summed E-state index contributed by atoms with van der Waals surface area (Å²) < 4.78 is 0. The van der Waals surface area contributed by atoms with Gasteiger partial charge in [-0.05, 0) is 25.5 Å². The van der Waals surface area contributed by atoms with Gasteiger partial charge in [-0.25, -0.2) is 0 Å². The number of rotatable bonds is 5. The van der Waals surface area contributed by atoms with Crippen LogP contribution >= 0.6 is 11.6 Å². The monoisotopic (exact) mass is 269 g/mol. The third-order valence-electron chi connectivity index (χ3n) is 2.84. The SMILES string of the molecule is CC(NC(=O)Cc1ccccc1Cl)C(C)C(=O)O. The van der Waals surface area contributed by atoms with Crippen molar-refractivity contribution in [1.29, 1.82) is 0 Å². The predicted octanol–water partition coefficient (Wildman–Crippen LogP) is 2.11. The van der Waals surface area contributed by atoms with Gasteiger partial charge in [-0.3, -0.25) is 9.59 Å². The number of carbonyl (C=O) groups is 2. The van der Waals surface area contributed by atoms with Gasteiger partial charge in [0.15, 0.2) is 0 Å². The standard InChI is InChI=1S/C13H16ClNO3/c1-8(13(17)18)9(2)15-12(16)7-10-5-3-4-6-11(10)14/h3-6,8-9H,7H2,1-2H3,(H,15,16)(H,17,18). The zero-order chi connectivity index (χ0) is 13.7. The second-order valence-electron chi connectivity index (χ2n) is 4.25. The number of halogens is 1. The molecule has 0 radical (unpaired) electrons. The Kier molecular flexibility index (Phi) is 5.16. The summed E-state index contributed by atoms with van der Waals surface area (Å²) >= 11 is 5.94. The summed E-state index contributed by atoms with van der Waals surface area (Å²) in [5, 5.41) is 12.0. The number of carboxylic acids is 1. The summed E-state index contributed by atoms with van der Waals surface area (Å²) in [4.78, 5) is 22.5. The van der Waals surface area contributed by atoms with Crippen molar-refractivity contribution < 1.29 is 14.7 Å². The molecular weight excluding hydrogens is 254 g/mol. The molecule has 0 saturated heterocycles. The molecule has 0 spiro atoms. The predicted molar refractivity (Wildman–Crippen MR) is 69.6 cm³/mol. The van der Waals surface area contributed by atoms with E-state index >= 15 is 0 Å². The molecule has 2 atom stereocenters. The van der Waals surface area contributed by atoms with E-state index in [0.717, 1.165) is 5.56 Å². The van der Waals surface area contributed by atoms with E-state index in [0.29, 0.717) is 5.02 Å². The molecule has 4 nitrogen and oxygen atoms in total. The van der Waals surface area contributed by atoms with E-state index in [9.17, 15) is 9.59 Å². The molecule has 0 fully saturated rings. The van der Waals surface area contributed by atoms with Crippen molar-refractivity contribution in [2.24, 2.45) is 5.92 Å². The molecule has 2 N–H and O–H groups in total. The minimum Gasteiger partial charge on any atom is -0.481 e. The Labute approximate surface area is 111 Å². The number of carboxylic acid groups (broad SMARTS) is 1. The smallest absolute Gasteiger partial charge is 0.308 e. The van der Waals surface area contributed by atoms with E-state index in [4.69, 9.17) is 16.7 Å². The van der Waals surface area contributed by atoms with Crippen molar-refractivity contribution in [2.45, 2.75) is 26.3 Å². The molecule has 98 valence electrons. The number of benzene rings is 1. The molecule has 0 aliphatic carbocycles. The normalized spacial score (nSPS) is 13.7. The van der Waals surface area contributed by atoms with Gasteiger partial charge >= 0.3 is 5.97 Å². The van der Waals surface area contributed by atoms with Crippen molar-refractivity contribution in [1.82, 2.24) is 5.32 Å². The van der Waals surface area contributed by atoms with Crippen LogP contribution in [0.3, 0.4) is 0 Å². The van der Waals surface area contributed by atoms with Crippen LogP contribution in [-0.2, 0) is 16.0 Å². The largest absolute Gasteiger partial charge is 0.481 e. The average Bonchev–Trinajstić information content (AvgIpc) is 2.30. The first-order valence-corrected chi connectivity index (χ1v) is 6.05. The van der Waals surface area contributed by atoms with Crippen LogP contribution in [-0.4, -0.2) is 23.0 Å². The van der Waals surface area contributed by atoms with E-state index < -0.39 is 17.9 Å². The number of carbonyl (C=O) groups excluding carboxylic acids is 1. The fraction of sp³-hybridized carbons (Fsp3) is 0.385. The van der Waals surface area contributed by atoms with Crippen LogP contribution in [0.1, 0.15) is 19.4 Å². The Morgan fingerprint density at radius 1 is 1.33 bits per heavy atom. The summed E-state index contributed by atoms with van der Waals surface area (Å²) in [6.45, 7) is 3.23. The molecule has 0 saturated carbocycles. The molecule has 0 bridgehead atoms. The number of aliphatic carboxylic acids is 1. The summed E-state index contributed by atoms with van der Waals surface area (Å²) in [5.74, 6) is -1.79. The highest BCUT2D eigenvalue weighted by Crippen LogP contribution is 2.15. The van der Waals surface area contributed by atoms with Crippen LogP contribution in [0, 0.1) is 5.92 Å². The first-order chi connectivity index (χ1) is 8.41. The zero-order valence-electron chi connectivity index (χ0n) is 10.3. The van der Waals surface area contributed by atoms with Crippen LogP contribution in [0.5, 0.6) is 0 Å². The Balaban J connectivity index is 2.57. The van der Waals surface area contributed by atoms with Gasteiger partial charge < -0.3 is 10.4 Å². The summed E-state index contributed by atoms with van der Waals surface area (Å²) in [7, 11) is 0. The summed E-state index contributed by atoms with van der Waals surface area (Å²) in [6.07, 6.45) is 0.149. The molecule has 0 heterocycles. The Morgan fingerprint density at radius 3 is 2.50 bits per heavy atom. The number of hydrogen-bond acceptors (Lipinski definition) is 2. The lowest BCUT2D eigenvalue weighted by Crippen LogP contribution is -2.40. The quantitative estimate of drug-likeness (QED) is 0.860. The fourth-order valence-corrected chi connectivity index (χ4v) is 1.66. The highest BCUT2D eigenvalue weighted by Gasteiger charge is 2.21. The van der Waals surface area contributed by atoms with Crippen LogP contribution in [0.4, 0.5) is 0 Å². The van der Waals surface area contributed by atoms with Crippen LogP contribution in [0.25, 0.3) is 0 Å². The van der Waals surface area contributed by atoms with Crippen molar-refractivity contribution in [3.05, 3.63) is 34.9 Å². The first-order valence-electron chi connectivity index (χ1n) is 5.67. The van der Waals surface area contributed by atoms with Gasteiger partial charge in [0.1, 0.15) is 0 Å². The van der Waals surface area contributed by atoms with E-state index in [1.54, 1.807) is 38.1 Å². The van der Waals surface area contributed by atoms with Gasteiger partial charge in [-0.1, -0.05) is 29.8 Å². The van der Waals surface area contributed by atoms with Crippen LogP contribution in [0.2, 0.25) is 5.02 Å². The molecule has 1 aromatic carbocycles. The Bertz CT molecular complexity index is 448. The van der Waals surface area contributed by atoms with Gasteiger partial charge in [0.25, 0.3) is 0 Å². The second kappa shape index (κ2) is 6.40. The molecule has 1 aromatic rings. The minimum atomic E-state index is -0.930. The summed E-state index contributed by atoms with van der Waals surface area (Å²) in [5.41, 5.74) is 0.729. The number of amides is 1. The highest BCUT2D eigenvalue weighted by molar-refractivity contribution is 6.31. The second-order valence-corrected chi connectivity index (χ2v) is 4.66. The van der Waals surface area contributed by atoms with Gasteiger partial charge in [0.2, 0.25) is 5.91 Å². The fourth-order valence-electron chi connectivity index (χ4n) is 1.46. The zero-order valence-corrected chi connectivity index (χ0v) is 11.1. The third-order valence-corrected chi connectivity index (χ3v) is 3.21. The van der Waals surface area contributed by atoms with Crippen molar-refractivity contribution in [3.63, 3.8) is 0 Å². The number of hydrogen-bond donors (Lipinski definition) is 2. The molecule has 18 heavy (non-hydrogen) atoms. The minimum absolute atomic E-state index is 0.149. The molecule has 0 aromatic heterocycles. The lowest BCUT2D eigenvalue weighted by Gasteiger charge is -2.17. The molecular formula is C13H16ClNO3. The number of nitrogens with one attached hydrogen (secondary N) is 1. The average molecular weight is 270 g/mol. The lowest BCUT2D eigenvalue weighted by molar-refractivity contribution is -0.142. The van der Waals surface area contributed by atoms with Gasteiger partial charge in [0.05, 0.1) is 12.3 Å².